The molecule has 2 aromatic rings. The molecule has 2 N–H and O–H groups in total. The Morgan fingerprint density at radius 1 is 0.795 bits per heavy atom. The molecule has 0 spiro atoms. The first-order chi connectivity index (χ1) is 18.9. The minimum absolute atomic E-state index is 0.0639. The summed E-state index contributed by atoms with van der Waals surface area (Å²) in [6, 6.07) is 6.85. The van der Waals surface area contributed by atoms with Gasteiger partial charge in [0.25, 0.3) is 11.8 Å². The maximum atomic E-state index is 12.6. The van der Waals surface area contributed by atoms with Gasteiger partial charge in [-0.15, -0.1) is 0 Å². The number of hydrogen-bond acceptors (Lipinski definition) is 6. The summed E-state index contributed by atoms with van der Waals surface area (Å²) < 4.78 is 0. The molecule has 0 aromatic carbocycles. The third-order valence-corrected chi connectivity index (χ3v) is 10.7. The summed E-state index contributed by atoms with van der Waals surface area (Å²) in [5.41, 5.74) is 9.45. The Morgan fingerprint density at radius 3 is 2.10 bits per heavy atom. The van der Waals surface area contributed by atoms with Crippen LogP contribution in [0.15, 0.2) is 59.3 Å². The van der Waals surface area contributed by atoms with Crippen LogP contribution in [-0.4, -0.2) is 33.2 Å². The number of nitrogens with zero attached hydrogens (tertiary/aromatic N) is 4. The molecule has 0 bridgehead atoms. The van der Waals surface area contributed by atoms with Crippen molar-refractivity contribution in [2.45, 2.75) is 71.6 Å². The molecule has 204 valence electrons. The summed E-state index contributed by atoms with van der Waals surface area (Å²) in [5.74, 6) is 2.31. The molecule has 2 amide bonds. The van der Waals surface area contributed by atoms with Crippen LogP contribution in [0.4, 0.5) is 0 Å². The van der Waals surface area contributed by atoms with Gasteiger partial charge in [-0.1, -0.05) is 13.8 Å². The van der Waals surface area contributed by atoms with E-state index in [9.17, 15) is 9.59 Å². The van der Waals surface area contributed by atoms with Gasteiger partial charge in [-0.2, -0.15) is 10.2 Å². The first-order valence-electron chi connectivity index (χ1n) is 14.4. The average molecular weight is 527 g/mol. The number of rotatable bonds is 4. The van der Waals surface area contributed by atoms with Crippen molar-refractivity contribution >= 4 is 23.2 Å². The molecule has 2 heterocycles. The Bertz CT molecular complexity index is 1290. The smallest absolute Gasteiger partial charge is 0.267 e. The van der Waals surface area contributed by atoms with Gasteiger partial charge in [-0.3, -0.25) is 19.6 Å². The van der Waals surface area contributed by atoms with Crippen molar-refractivity contribution in [1.82, 2.24) is 20.8 Å². The number of hydrogen-bond donors (Lipinski definition) is 2. The first kappa shape index (κ1) is 25.8. The molecule has 4 aliphatic carbocycles. The summed E-state index contributed by atoms with van der Waals surface area (Å²) >= 11 is 0. The van der Waals surface area contributed by atoms with Crippen LogP contribution in [0.5, 0.6) is 0 Å². The second-order valence-electron chi connectivity index (χ2n) is 12.4. The number of fused-ring (bicyclic) bond motifs is 5. The Morgan fingerprint density at radius 2 is 1.44 bits per heavy atom. The lowest BCUT2D eigenvalue weighted by atomic mass is 9.45. The topological polar surface area (TPSA) is 109 Å². The zero-order valence-corrected chi connectivity index (χ0v) is 22.9. The van der Waals surface area contributed by atoms with E-state index in [0.29, 0.717) is 40.2 Å². The molecule has 6 atom stereocenters. The molecular weight excluding hydrogens is 488 g/mol. The zero-order chi connectivity index (χ0) is 27.0. The largest absolute Gasteiger partial charge is 0.271 e. The second-order valence-corrected chi connectivity index (χ2v) is 12.4. The van der Waals surface area contributed by atoms with Crippen LogP contribution in [0.25, 0.3) is 0 Å². The molecular formula is C31H38N6O2. The third kappa shape index (κ3) is 4.68. The molecule has 39 heavy (non-hydrogen) atoms. The van der Waals surface area contributed by atoms with Gasteiger partial charge >= 0.3 is 0 Å². The highest BCUT2D eigenvalue weighted by Gasteiger charge is 2.59. The summed E-state index contributed by atoms with van der Waals surface area (Å²) in [5, 5.41) is 9.26. The number of aromatic nitrogens is 2. The third-order valence-electron chi connectivity index (χ3n) is 10.7. The number of carbonyl (C=O) groups is 2. The number of carbonyl (C=O) groups excluding carboxylic acids is 2. The van der Waals surface area contributed by atoms with Crippen molar-refractivity contribution in [2.24, 2.45) is 44.7 Å². The van der Waals surface area contributed by atoms with Gasteiger partial charge in [-0.05, 0) is 111 Å². The van der Waals surface area contributed by atoms with E-state index in [1.165, 1.54) is 25.0 Å². The van der Waals surface area contributed by atoms with Gasteiger partial charge in [0.1, 0.15) is 0 Å². The van der Waals surface area contributed by atoms with Crippen molar-refractivity contribution < 1.29 is 9.59 Å². The van der Waals surface area contributed by atoms with Crippen molar-refractivity contribution in [3.63, 3.8) is 0 Å². The molecule has 0 saturated heterocycles. The van der Waals surface area contributed by atoms with Crippen molar-refractivity contribution in [3.8, 4) is 0 Å². The fourth-order valence-corrected chi connectivity index (χ4v) is 8.52. The average Bonchev–Trinajstić information content (AvgIpc) is 3.31. The molecule has 4 fully saturated rings. The zero-order valence-electron chi connectivity index (χ0n) is 22.9. The van der Waals surface area contributed by atoms with Gasteiger partial charge in [0, 0.05) is 52.8 Å². The normalized spacial score (nSPS) is 35.5. The minimum Gasteiger partial charge on any atom is -0.267 e. The van der Waals surface area contributed by atoms with Crippen LogP contribution in [0.1, 0.15) is 92.4 Å². The molecule has 8 heteroatoms. The van der Waals surface area contributed by atoms with E-state index in [2.05, 4.69) is 39.8 Å². The fourth-order valence-electron chi connectivity index (χ4n) is 8.52. The van der Waals surface area contributed by atoms with Gasteiger partial charge in [0.15, 0.2) is 0 Å². The Labute approximate surface area is 230 Å². The summed E-state index contributed by atoms with van der Waals surface area (Å²) in [6.45, 7) is 4.92. The Balaban J connectivity index is 1.12. The van der Waals surface area contributed by atoms with Crippen LogP contribution in [0.2, 0.25) is 0 Å². The van der Waals surface area contributed by atoms with Crippen LogP contribution in [-0.2, 0) is 0 Å². The van der Waals surface area contributed by atoms with Crippen molar-refractivity contribution in [2.75, 3.05) is 0 Å². The van der Waals surface area contributed by atoms with E-state index < -0.39 is 0 Å². The predicted octanol–water partition coefficient (Wildman–Crippen LogP) is 5.39. The fraction of sp³-hybridized carbons (Fsp3) is 0.548. The van der Waals surface area contributed by atoms with Crippen molar-refractivity contribution in [1.29, 1.82) is 0 Å². The lowest BCUT2D eigenvalue weighted by Crippen LogP contribution is -2.53. The maximum absolute atomic E-state index is 12.6. The van der Waals surface area contributed by atoms with E-state index in [1.54, 1.807) is 49.1 Å². The quantitative estimate of drug-likeness (QED) is 0.521. The molecule has 0 unspecified atom stereocenters. The monoisotopic (exact) mass is 526 g/mol. The van der Waals surface area contributed by atoms with Gasteiger partial charge < -0.3 is 0 Å². The summed E-state index contributed by atoms with van der Waals surface area (Å²) in [4.78, 5) is 33.0. The lowest BCUT2D eigenvalue weighted by Gasteiger charge is -2.59. The highest BCUT2D eigenvalue weighted by Crippen LogP contribution is 2.65. The number of amides is 2. The number of nitrogens with one attached hydrogen (secondary N) is 2. The van der Waals surface area contributed by atoms with Crippen LogP contribution >= 0.6 is 0 Å². The second kappa shape index (κ2) is 10.3. The highest BCUT2D eigenvalue weighted by molar-refractivity contribution is 5.97. The molecule has 8 nitrogen and oxygen atoms in total. The molecule has 6 rings (SSSR count). The Kier molecular flexibility index (Phi) is 6.81. The summed E-state index contributed by atoms with van der Waals surface area (Å²) in [6.07, 6.45) is 16.5. The molecule has 0 radical (unpaired) electrons. The maximum Gasteiger partial charge on any atom is 0.271 e. The van der Waals surface area contributed by atoms with Crippen LogP contribution in [0, 0.1) is 34.5 Å². The van der Waals surface area contributed by atoms with E-state index in [0.717, 1.165) is 44.2 Å². The van der Waals surface area contributed by atoms with Crippen molar-refractivity contribution in [3.05, 3.63) is 60.2 Å². The van der Waals surface area contributed by atoms with E-state index in [1.807, 2.05) is 0 Å². The molecule has 2 aromatic heterocycles. The van der Waals surface area contributed by atoms with Gasteiger partial charge in [-0.25, -0.2) is 10.9 Å². The van der Waals surface area contributed by atoms with E-state index in [4.69, 9.17) is 5.10 Å². The first-order valence-corrected chi connectivity index (χ1v) is 14.4. The van der Waals surface area contributed by atoms with Gasteiger partial charge in [0.05, 0.1) is 0 Å². The molecule has 4 saturated carbocycles. The van der Waals surface area contributed by atoms with Crippen LogP contribution in [0.3, 0.4) is 0 Å². The summed E-state index contributed by atoms with van der Waals surface area (Å²) in [7, 11) is 0. The van der Waals surface area contributed by atoms with Gasteiger partial charge in [0.2, 0.25) is 0 Å². The number of pyridine rings is 2. The molecule has 0 aliphatic heterocycles. The predicted molar refractivity (Wildman–Crippen MR) is 150 cm³/mol. The minimum atomic E-state index is -0.177. The molecule has 4 aliphatic rings. The highest BCUT2D eigenvalue weighted by atomic mass is 16.2. The number of hydrazone groups is 2. The van der Waals surface area contributed by atoms with Crippen LogP contribution < -0.4 is 10.9 Å². The van der Waals surface area contributed by atoms with E-state index in [-0.39, 0.29) is 17.2 Å². The standard InChI is InChI=1S/C31H38N6O2/c1-30-13-7-23(34-36-28(38)20-9-15-32-16-10-20)19-22(30)3-4-24-25-5-6-27(31(25,2)14-8-26(24)30)35-37-29(39)21-11-17-33-18-12-21/h9-12,15-18,22,24-26H,3-8,13-14,19H2,1-2H3,(H,36,38)(H,37,39)/t22-,24+,25-,26+,30-,31-/m0/s1. The SMILES string of the molecule is C[C@]12CCC(=NNC(=O)c3ccncc3)C[C@@H]1CC[C@H]1[C@H]2CC[C@]2(C)C(=NNC(=O)c3ccncc3)CC[C@@H]12. The Hall–Kier alpha value is -3.42. The van der Waals surface area contributed by atoms with E-state index >= 15 is 0 Å². The lowest BCUT2D eigenvalue weighted by molar-refractivity contribution is -0.0815.